The van der Waals surface area contributed by atoms with E-state index >= 15 is 0 Å². The van der Waals surface area contributed by atoms with Gasteiger partial charge in [-0.1, -0.05) is 6.58 Å². The number of aliphatic hydroxyl groups is 1. The molecule has 1 unspecified atom stereocenters. The van der Waals surface area contributed by atoms with E-state index in [1.807, 2.05) is 0 Å². The van der Waals surface area contributed by atoms with Gasteiger partial charge in [-0.2, -0.15) is 0 Å². The van der Waals surface area contributed by atoms with Gasteiger partial charge < -0.3 is 9.84 Å². The van der Waals surface area contributed by atoms with E-state index in [2.05, 4.69) is 11.3 Å². The number of allylic oxidation sites excluding steroid dienone is 1. The van der Waals surface area contributed by atoms with Gasteiger partial charge in [-0.05, 0) is 12.2 Å². The van der Waals surface area contributed by atoms with Crippen molar-refractivity contribution in [1.82, 2.24) is 0 Å². The molecule has 0 bridgehead atoms. The molecule has 0 saturated carbocycles. The predicted octanol–water partition coefficient (Wildman–Crippen LogP) is 0.405. The Hall–Kier alpha value is -0.760. The zero-order valence-corrected chi connectivity index (χ0v) is 3.79. The third-order valence-electron chi connectivity index (χ3n) is 0.719. The van der Waals surface area contributed by atoms with Crippen molar-refractivity contribution in [2.75, 3.05) is 0 Å². The summed E-state index contributed by atoms with van der Waals surface area (Å²) in [7, 11) is 0. The van der Waals surface area contributed by atoms with Gasteiger partial charge in [0.05, 0.1) is 0 Å². The highest BCUT2D eigenvalue weighted by molar-refractivity contribution is 5.13. The molecule has 0 aromatic heterocycles. The highest BCUT2D eigenvalue weighted by atomic mass is 16.6. The fourth-order valence-corrected chi connectivity index (χ4v) is 0.423. The number of rotatable bonds is 0. The van der Waals surface area contributed by atoms with Crippen LogP contribution in [0.25, 0.3) is 0 Å². The molecule has 1 N–H and O–H groups in total. The molecule has 7 heavy (non-hydrogen) atoms. The molecule has 1 atom stereocenters. The summed E-state index contributed by atoms with van der Waals surface area (Å²) in [6, 6.07) is 0. The smallest absolute Gasteiger partial charge is 0.217 e. The second-order valence-corrected chi connectivity index (χ2v) is 1.33. The Morgan fingerprint density at radius 3 is 2.71 bits per heavy atom. The fourth-order valence-electron chi connectivity index (χ4n) is 0.423. The van der Waals surface area contributed by atoms with Crippen molar-refractivity contribution in [2.45, 2.75) is 6.29 Å². The molecule has 38 valence electrons. The summed E-state index contributed by atoms with van der Waals surface area (Å²) in [6.45, 7) is 3.44. The molecule has 0 aliphatic carbocycles. The Kier molecular flexibility index (Phi) is 0.872. The molecule has 0 aromatic carbocycles. The average Bonchev–Trinajstić information content (AvgIpc) is 1.87. The number of hydrogen-bond acceptors (Lipinski definition) is 2. The minimum atomic E-state index is -0.757. The molecule has 2 heteroatoms. The molecule has 1 aliphatic rings. The maximum Gasteiger partial charge on any atom is 0.217 e. The largest absolute Gasteiger partial charge is 0.462 e. The van der Waals surface area contributed by atoms with Gasteiger partial charge in [-0.15, -0.1) is 0 Å². The SMILES string of the molecule is C=C1C=CC(O)O1. The van der Waals surface area contributed by atoms with Gasteiger partial charge in [0.1, 0.15) is 5.76 Å². The summed E-state index contributed by atoms with van der Waals surface area (Å²) in [5.41, 5.74) is 0. The first kappa shape index (κ1) is 4.40. The number of ether oxygens (including phenoxy) is 1. The van der Waals surface area contributed by atoms with Crippen molar-refractivity contribution in [1.29, 1.82) is 0 Å². The molecule has 1 heterocycles. The second kappa shape index (κ2) is 1.39. The van der Waals surface area contributed by atoms with E-state index < -0.39 is 6.29 Å². The van der Waals surface area contributed by atoms with Crippen LogP contribution in [0.15, 0.2) is 24.5 Å². The van der Waals surface area contributed by atoms with Crippen molar-refractivity contribution < 1.29 is 9.84 Å². The highest BCUT2D eigenvalue weighted by Crippen LogP contribution is 2.08. The van der Waals surface area contributed by atoms with Crippen LogP contribution in [0, 0.1) is 0 Å². The average molecular weight is 98.1 g/mol. The molecular weight excluding hydrogens is 92.1 g/mol. The molecule has 0 aromatic rings. The van der Waals surface area contributed by atoms with Crippen molar-refractivity contribution in [3.63, 3.8) is 0 Å². The number of hydrogen-bond donors (Lipinski definition) is 1. The lowest BCUT2D eigenvalue weighted by atomic mass is 10.5. The van der Waals surface area contributed by atoms with E-state index in [1.54, 1.807) is 6.08 Å². The van der Waals surface area contributed by atoms with Crippen LogP contribution in [0.5, 0.6) is 0 Å². The summed E-state index contributed by atoms with van der Waals surface area (Å²) >= 11 is 0. The van der Waals surface area contributed by atoms with Crippen LogP contribution in [-0.2, 0) is 4.74 Å². The summed E-state index contributed by atoms with van der Waals surface area (Å²) in [4.78, 5) is 0. The zero-order chi connectivity index (χ0) is 5.28. The standard InChI is InChI=1S/C5H6O2/c1-4-2-3-5(6)7-4/h2-3,5-6H,1H2. The third-order valence-corrected chi connectivity index (χ3v) is 0.719. The van der Waals surface area contributed by atoms with Gasteiger partial charge in [0.25, 0.3) is 0 Å². The molecular formula is C5H6O2. The van der Waals surface area contributed by atoms with E-state index in [1.165, 1.54) is 6.08 Å². The van der Waals surface area contributed by atoms with Gasteiger partial charge in [-0.25, -0.2) is 0 Å². The van der Waals surface area contributed by atoms with Crippen molar-refractivity contribution in [3.8, 4) is 0 Å². The third kappa shape index (κ3) is 0.810. The van der Waals surface area contributed by atoms with Crippen LogP contribution in [0.2, 0.25) is 0 Å². The summed E-state index contributed by atoms with van der Waals surface area (Å²) in [5.74, 6) is 0.521. The fraction of sp³-hybridized carbons (Fsp3) is 0.200. The Labute approximate surface area is 41.7 Å². The molecule has 2 nitrogen and oxygen atoms in total. The van der Waals surface area contributed by atoms with E-state index in [-0.39, 0.29) is 0 Å². The van der Waals surface area contributed by atoms with Crippen LogP contribution in [0.4, 0.5) is 0 Å². The summed E-state index contributed by atoms with van der Waals surface area (Å²) < 4.78 is 4.61. The van der Waals surface area contributed by atoms with Gasteiger partial charge in [-0.3, -0.25) is 0 Å². The Balaban J connectivity index is 2.58. The maximum atomic E-state index is 8.53. The first-order valence-electron chi connectivity index (χ1n) is 2.01. The van der Waals surface area contributed by atoms with Crippen LogP contribution >= 0.6 is 0 Å². The Bertz CT molecular complexity index is 115. The van der Waals surface area contributed by atoms with Gasteiger partial charge in [0.15, 0.2) is 0 Å². The Morgan fingerprint density at radius 2 is 2.57 bits per heavy atom. The molecule has 0 spiro atoms. The van der Waals surface area contributed by atoms with Crippen molar-refractivity contribution in [3.05, 3.63) is 24.5 Å². The minimum Gasteiger partial charge on any atom is -0.462 e. The zero-order valence-electron chi connectivity index (χ0n) is 3.79. The maximum absolute atomic E-state index is 8.53. The quantitative estimate of drug-likeness (QED) is 0.475. The molecule has 0 saturated heterocycles. The lowest BCUT2D eigenvalue weighted by Gasteiger charge is -1.98. The van der Waals surface area contributed by atoms with E-state index in [9.17, 15) is 0 Å². The van der Waals surface area contributed by atoms with Crippen LogP contribution in [0.1, 0.15) is 0 Å². The first-order chi connectivity index (χ1) is 3.29. The number of aliphatic hydroxyl groups excluding tert-OH is 1. The topological polar surface area (TPSA) is 29.5 Å². The van der Waals surface area contributed by atoms with E-state index in [4.69, 9.17) is 5.11 Å². The molecule has 0 amide bonds. The lowest BCUT2D eigenvalue weighted by molar-refractivity contribution is -0.00966. The van der Waals surface area contributed by atoms with Gasteiger partial charge >= 0.3 is 0 Å². The molecule has 1 aliphatic heterocycles. The molecule has 0 radical (unpaired) electrons. The predicted molar refractivity (Wildman–Crippen MR) is 25.4 cm³/mol. The Morgan fingerprint density at radius 1 is 1.86 bits per heavy atom. The molecule has 0 fully saturated rings. The van der Waals surface area contributed by atoms with Crippen molar-refractivity contribution >= 4 is 0 Å². The molecule has 1 rings (SSSR count). The van der Waals surface area contributed by atoms with E-state index in [0.717, 1.165) is 0 Å². The highest BCUT2D eigenvalue weighted by Gasteiger charge is 2.05. The van der Waals surface area contributed by atoms with E-state index in [0.29, 0.717) is 5.76 Å². The van der Waals surface area contributed by atoms with Crippen LogP contribution in [0.3, 0.4) is 0 Å². The monoisotopic (exact) mass is 98.0 g/mol. The van der Waals surface area contributed by atoms with Gasteiger partial charge in [0.2, 0.25) is 6.29 Å². The summed E-state index contributed by atoms with van der Waals surface area (Å²) in [5, 5.41) is 8.53. The first-order valence-corrected chi connectivity index (χ1v) is 2.01. The minimum absolute atomic E-state index is 0.521. The summed E-state index contributed by atoms with van der Waals surface area (Å²) in [6.07, 6.45) is 2.40. The van der Waals surface area contributed by atoms with Crippen LogP contribution in [-0.4, -0.2) is 11.4 Å². The van der Waals surface area contributed by atoms with Crippen molar-refractivity contribution in [2.24, 2.45) is 0 Å². The van der Waals surface area contributed by atoms with Crippen LogP contribution < -0.4 is 0 Å². The van der Waals surface area contributed by atoms with Gasteiger partial charge in [0, 0.05) is 0 Å². The normalized spacial score (nSPS) is 28.1. The lowest BCUT2D eigenvalue weighted by Crippen LogP contribution is -1.98. The second-order valence-electron chi connectivity index (χ2n) is 1.33.